The normalized spacial score (nSPS) is 16.0. The van der Waals surface area contributed by atoms with E-state index >= 15 is 0 Å². The molecule has 0 N–H and O–H groups in total. The first-order valence-electron chi connectivity index (χ1n) is 9.79. The highest BCUT2D eigenvalue weighted by molar-refractivity contribution is 14.1. The molecule has 0 aromatic heterocycles. The summed E-state index contributed by atoms with van der Waals surface area (Å²) in [5.74, 6) is -0.676. The van der Waals surface area contributed by atoms with Crippen LogP contribution in [0.15, 0.2) is 71.6 Å². The number of hydrogen-bond acceptors (Lipinski definition) is 6. The quantitative estimate of drug-likeness (QED) is 0.393. The molecule has 0 saturated carbocycles. The third-order valence-corrected chi connectivity index (χ3v) is 5.97. The number of nitrogens with zero attached hydrogens (tertiary/aromatic N) is 1. The highest BCUT2D eigenvalue weighted by Gasteiger charge is 2.36. The minimum absolute atomic E-state index is 0.251. The zero-order valence-corrected chi connectivity index (χ0v) is 20.0. The highest BCUT2D eigenvalue weighted by atomic mass is 127. The number of carbonyl (C=O) groups excluding carboxylic acids is 2. The van der Waals surface area contributed by atoms with Gasteiger partial charge in [0.15, 0.2) is 0 Å². The first kappa shape index (κ1) is 22.9. The van der Waals surface area contributed by atoms with Crippen molar-refractivity contribution >= 4 is 40.2 Å². The lowest BCUT2D eigenvalue weighted by molar-refractivity contribution is -0.139. The van der Waals surface area contributed by atoms with Gasteiger partial charge in [-0.15, -0.1) is 0 Å². The molecule has 6 nitrogen and oxygen atoms in total. The molecule has 1 unspecified atom stereocenters. The molecule has 7 heteroatoms. The number of esters is 2. The zero-order valence-electron chi connectivity index (χ0n) is 17.8. The average molecular weight is 533 g/mol. The number of benzene rings is 2. The van der Waals surface area contributed by atoms with Crippen molar-refractivity contribution in [3.05, 3.63) is 80.7 Å². The number of para-hydroxylation sites is 1. The number of methoxy groups -OCH3 is 2. The molecule has 2 aromatic carbocycles. The van der Waals surface area contributed by atoms with Crippen molar-refractivity contribution < 1.29 is 23.8 Å². The average Bonchev–Trinajstić information content (AvgIpc) is 2.78. The van der Waals surface area contributed by atoms with E-state index in [1.807, 2.05) is 55.5 Å². The Labute approximate surface area is 195 Å². The minimum Gasteiger partial charge on any atom is -0.497 e. The minimum atomic E-state index is -0.486. The van der Waals surface area contributed by atoms with Crippen molar-refractivity contribution in [2.24, 2.45) is 0 Å². The third kappa shape index (κ3) is 4.61. The molecule has 1 heterocycles. The van der Waals surface area contributed by atoms with Crippen molar-refractivity contribution in [3.63, 3.8) is 0 Å². The smallest absolute Gasteiger partial charge is 0.354 e. The Kier molecular flexibility index (Phi) is 7.37. The zero-order chi connectivity index (χ0) is 22.5. The SMILES string of the molecule is CCOC(=O)C1=C(C)N(c2ccccc2I)C(C(=O)OC)=CC1c1ccc(OC)cc1. The van der Waals surface area contributed by atoms with E-state index < -0.39 is 17.9 Å². The van der Waals surface area contributed by atoms with Gasteiger partial charge >= 0.3 is 11.9 Å². The van der Waals surface area contributed by atoms with Gasteiger partial charge in [-0.05, 0) is 72.3 Å². The molecule has 162 valence electrons. The second-order valence-corrected chi connectivity index (χ2v) is 7.96. The Morgan fingerprint density at radius 2 is 1.71 bits per heavy atom. The summed E-state index contributed by atoms with van der Waals surface area (Å²) in [7, 11) is 2.94. The molecular weight excluding hydrogens is 509 g/mol. The van der Waals surface area contributed by atoms with Gasteiger partial charge in [0.05, 0.1) is 32.1 Å². The maximum Gasteiger partial charge on any atom is 0.354 e. The first-order valence-corrected chi connectivity index (χ1v) is 10.9. The predicted octanol–water partition coefficient (Wildman–Crippen LogP) is 4.80. The molecule has 0 saturated heterocycles. The van der Waals surface area contributed by atoms with Crippen LogP contribution in [0.1, 0.15) is 25.3 Å². The Morgan fingerprint density at radius 3 is 2.29 bits per heavy atom. The van der Waals surface area contributed by atoms with Gasteiger partial charge in [-0.2, -0.15) is 0 Å². The number of carbonyl (C=O) groups is 2. The van der Waals surface area contributed by atoms with Crippen LogP contribution >= 0.6 is 22.6 Å². The van der Waals surface area contributed by atoms with Gasteiger partial charge in [0, 0.05) is 15.2 Å². The highest BCUT2D eigenvalue weighted by Crippen LogP contribution is 2.41. The molecule has 0 aliphatic carbocycles. The van der Waals surface area contributed by atoms with Gasteiger partial charge in [0.2, 0.25) is 0 Å². The molecule has 1 aliphatic rings. The van der Waals surface area contributed by atoms with Gasteiger partial charge in [-0.1, -0.05) is 24.3 Å². The molecule has 31 heavy (non-hydrogen) atoms. The van der Waals surface area contributed by atoms with E-state index in [4.69, 9.17) is 14.2 Å². The van der Waals surface area contributed by atoms with Crippen LogP contribution in [0.2, 0.25) is 0 Å². The lowest BCUT2D eigenvalue weighted by Gasteiger charge is -2.35. The summed E-state index contributed by atoms with van der Waals surface area (Å²) in [5, 5.41) is 0. The van der Waals surface area contributed by atoms with Crippen molar-refractivity contribution in [3.8, 4) is 5.75 Å². The van der Waals surface area contributed by atoms with Crippen molar-refractivity contribution in [2.45, 2.75) is 19.8 Å². The lowest BCUT2D eigenvalue weighted by atomic mass is 9.85. The number of ether oxygens (including phenoxy) is 3. The van der Waals surface area contributed by atoms with Crippen LogP contribution in [0.25, 0.3) is 0 Å². The van der Waals surface area contributed by atoms with E-state index in [1.165, 1.54) is 7.11 Å². The van der Waals surface area contributed by atoms with Crippen LogP contribution in [0.3, 0.4) is 0 Å². The standard InChI is InChI=1S/C24H24INO5/c1-5-31-24(28)22-15(2)26(20-9-7-6-8-19(20)25)21(23(27)30-4)14-18(22)16-10-12-17(29-3)13-11-16/h6-14,18H,5H2,1-4H3. The fraction of sp³-hybridized carbons (Fsp3) is 0.250. The van der Waals surface area contributed by atoms with Crippen LogP contribution in [0.4, 0.5) is 5.69 Å². The van der Waals surface area contributed by atoms with Gasteiger partial charge in [-0.25, -0.2) is 9.59 Å². The monoisotopic (exact) mass is 533 g/mol. The Balaban J connectivity index is 2.24. The Morgan fingerprint density at radius 1 is 1.03 bits per heavy atom. The van der Waals surface area contributed by atoms with E-state index in [2.05, 4.69) is 22.6 Å². The maximum atomic E-state index is 13.0. The van der Waals surface area contributed by atoms with Crippen LogP contribution in [0, 0.1) is 3.57 Å². The van der Waals surface area contributed by atoms with Crippen LogP contribution in [-0.4, -0.2) is 32.8 Å². The number of allylic oxidation sites excluding steroid dienone is 2. The van der Waals surface area contributed by atoms with Crippen molar-refractivity contribution in [2.75, 3.05) is 25.7 Å². The number of hydrogen-bond donors (Lipinski definition) is 0. The van der Waals surface area contributed by atoms with Crippen LogP contribution in [0.5, 0.6) is 5.75 Å². The van der Waals surface area contributed by atoms with E-state index in [9.17, 15) is 9.59 Å². The molecule has 0 spiro atoms. The molecule has 0 bridgehead atoms. The molecule has 1 aliphatic heterocycles. The fourth-order valence-corrected chi connectivity index (χ4v) is 4.24. The fourth-order valence-electron chi connectivity index (χ4n) is 3.61. The molecule has 0 amide bonds. The number of anilines is 1. The third-order valence-electron chi connectivity index (χ3n) is 5.06. The van der Waals surface area contributed by atoms with Gasteiger partial charge in [-0.3, -0.25) is 0 Å². The molecule has 0 radical (unpaired) electrons. The van der Waals surface area contributed by atoms with Gasteiger partial charge < -0.3 is 19.1 Å². The van der Waals surface area contributed by atoms with E-state index in [-0.39, 0.29) is 6.61 Å². The molecule has 2 aromatic rings. The molecular formula is C24H24INO5. The summed E-state index contributed by atoms with van der Waals surface area (Å²) in [5.41, 5.74) is 3.06. The summed E-state index contributed by atoms with van der Waals surface area (Å²) in [4.78, 5) is 27.6. The first-order chi connectivity index (χ1) is 14.9. The number of rotatable bonds is 6. The summed E-state index contributed by atoms with van der Waals surface area (Å²) in [6.45, 7) is 3.84. The van der Waals surface area contributed by atoms with Crippen LogP contribution < -0.4 is 9.64 Å². The number of halogens is 1. The van der Waals surface area contributed by atoms with Crippen LogP contribution in [-0.2, 0) is 19.1 Å². The summed E-state index contributed by atoms with van der Waals surface area (Å²) < 4.78 is 16.7. The molecule has 0 fully saturated rings. The Hall–Kier alpha value is -2.81. The van der Waals surface area contributed by atoms with Gasteiger partial charge in [0.25, 0.3) is 0 Å². The summed E-state index contributed by atoms with van der Waals surface area (Å²) in [6, 6.07) is 15.1. The van der Waals surface area contributed by atoms with E-state index in [0.29, 0.717) is 22.7 Å². The summed E-state index contributed by atoms with van der Waals surface area (Å²) >= 11 is 2.21. The molecule has 3 rings (SSSR count). The predicted molar refractivity (Wildman–Crippen MR) is 127 cm³/mol. The van der Waals surface area contributed by atoms with Crippen molar-refractivity contribution in [1.29, 1.82) is 0 Å². The van der Waals surface area contributed by atoms with E-state index in [1.54, 1.807) is 25.0 Å². The second kappa shape index (κ2) is 10.00. The largest absolute Gasteiger partial charge is 0.497 e. The maximum absolute atomic E-state index is 13.0. The summed E-state index contributed by atoms with van der Waals surface area (Å²) in [6.07, 6.45) is 1.76. The Bertz CT molecular complexity index is 1040. The lowest BCUT2D eigenvalue weighted by Crippen LogP contribution is -2.34. The second-order valence-electron chi connectivity index (χ2n) is 6.80. The topological polar surface area (TPSA) is 65.1 Å². The van der Waals surface area contributed by atoms with Gasteiger partial charge in [0.1, 0.15) is 11.4 Å². The van der Waals surface area contributed by atoms with E-state index in [0.717, 1.165) is 14.8 Å². The van der Waals surface area contributed by atoms with Crippen molar-refractivity contribution in [1.82, 2.24) is 0 Å². The molecule has 1 atom stereocenters.